The van der Waals surface area contributed by atoms with Gasteiger partial charge < -0.3 is 14.4 Å². The summed E-state index contributed by atoms with van der Waals surface area (Å²) in [6.45, 7) is 0.644. The molecule has 6 rings (SSSR count). The van der Waals surface area contributed by atoms with Gasteiger partial charge in [0.25, 0.3) is 0 Å². The van der Waals surface area contributed by atoms with E-state index < -0.39 is 0 Å². The average molecular weight is 397 g/mol. The van der Waals surface area contributed by atoms with Crippen LogP contribution in [0, 0.1) is 0 Å². The van der Waals surface area contributed by atoms with E-state index in [0.29, 0.717) is 13.0 Å². The lowest BCUT2D eigenvalue weighted by Gasteiger charge is -2.25. The third kappa shape index (κ3) is 2.23. The first-order valence-corrected chi connectivity index (χ1v) is 10.6. The lowest BCUT2D eigenvalue weighted by Crippen LogP contribution is -2.12. The van der Waals surface area contributed by atoms with Gasteiger partial charge in [0.05, 0.1) is 19.2 Å². The summed E-state index contributed by atoms with van der Waals surface area (Å²) in [6, 6.07) is 14.6. The molecule has 1 heterocycles. The summed E-state index contributed by atoms with van der Waals surface area (Å²) in [7, 11) is 1.69. The van der Waals surface area contributed by atoms with Crippen LogP contribution >= 0.6 is 0 Å². The van der Waals surface area contributed by atoms with Crippen molar-refractivity contribution < 1.29 is 14.6 Å². The summed E-state index contributed by atoms with van der Waals surface area (Å²) in [5.41, 5.74) is 9.22. The Balaban J connectivity index is 1.81. The normalized spacial score (nSPS) is 14.8. The fourth-order valence-electron chi connectivity index (χ4n) is 5.67. The van der Waals surface area contributed by atoms with E-state index in [-0.39, 0.29) is 12.4 Å². The number of aromatic nitrogens is 1. The van der Waals surface area contributed by atoms with Gasteiger partial charge in [-0.3, -0.25) is 4.79 Å². The number of hydrogen-bond acceptors (Lipinski definition) is 3. The molecule has 4 nitrogen and oxygen atoms in total. The van der Waals surface area contributed by atoms with Crippen LogP contribution in [-0.4, -0.2) is 29.2 Å². The number of hydrogen-bond donors (Lipinski definition) is 1. The Morgan fingerprint density at radius 3 is 2.67 bits per heavy atom. The highest BCUT2D eigenvalue weighted by Gasteiger charge is 2.34. The molecule has 0 spiro atoms. The van der Waals surface area contributed by atoms with Crippen molar-refractivity contribution in [3.8, 4) is 16.9 Å². The molecule has 4 heteroatoms. The van der Waals surface area contributed by atoms with Gasteiger partial charge in [0.2, 0.25) is 0 Å². The summed E-state index contributed by atoms with van der Waals surface area (Å²) in [5.74, 6) is 1.11. The molecule has 0 saturated heterocycles. The van der Waals surface area contributed by atoms with Crippen molar-refractivity contribution in [1.29, 1.82) is 0 Å². The van der Waals surface area contributed by atoms with Gasteiger partial charge in [-0.25, -0.2) is 0 Å². The molecule has 0 bridgehead atoms. The Morgan fingerprint density at radius 2 is 1.83 bits per heavy atom. The van der Waals surface area contributed by atoms with Gasteiger partial charge in [-0.05, 0) is 65.3 Å². The average Bonchev–Trinajstić information content (AvgIpc) is 3.32. The van der Waals surface area contributed by atoms with Crippen molar-refractivity contribution in [1.82, 2.24) is 4.57 Å². The van der Waals surface area contributed by atoms with E-state index in [0.717, 1.165) is 47.2 Å². The third-order valence-corrected chi connectivity index (χ3v) is 6.84. The number of ketones is 1. The quantitative estimate of drug-likeness (QED) is 0.546. The number of ether oxygens (including phenoxy) is 1. The van der Waals surface area contributed by atoms with Gasteiger partial charge in [-0.2, -0.15) is 0 Å². The number of aliphatic hydroxyl groups is 1. The van der Waals surface area contributed by atoms with E-state index in [4.69, 9.17) is 4.74 Å². The highest BCUT2D eigenvalue weighted by molar-refractivity contribution is 6.20. The molecule has 0 amide bonds. The molecule has 1 N–H and O–H groups in total. The van der Waals surface area contributed by atoms with E-state index in [9.17, 15) is 9.90 Å². The summed E-state index contributed by atoms with van der Waals surface area (Å²) < 4.78 is 7.71. The zero-order chi connectivity index (χ0) is 20.4. The summed E-state index contributed by atoms with van der Waals surface area (Å²) >= 11 is 0. The highest BCUT2D eigenvalue weighted by atomic mass is 16.5. The van der Waals surface area contributed by atoms with Crippen molar-refractivity contribution in [3.05, 3.63) is 64.7 Å². The molecular weight excluding hydrogens is 374 g/mol. The summed E-state index contributed by atoms with van der Waals surface area (Å²) in [6.07, 6.45) is 3.17. The largest absolute Gasteiger partial charge is 0.497 e. The van der Waals surface area contributed by atoms with Crippen LogP contribution in [0.4, 0.5) is 0 Å². The fraction of sp³-hybridized carbons (Fsp3) is 0.269. The first kappa shape index (κ1) is 17.7. The Kier molecular flexibility index (Phi) is 3.81. The molecule has 0 aliphatic heterocycles. The number of aryl methyl sites for hydroxylation is 3. The molecule has 1 aromatic heterocycles. The fourth-order valence-corrected chi connectivity index (χ4v) is 5.67. The predicted molar refractivity (Wildman–Crippen MR) is 119 cm³/mol. The molecule has 30 heavy (non-hydrogen) atoms. The molecule has 0 radical (unpaired) electrons. The van der Waals surface area contributed by atoms with Crippen LogP contribution in [0.2, 0.25) is 0 Å². The minimum atomic E-state index is 0.0896. The van der Waals surface area contributed by atoms with Gasteiger partial charge in [0.1, 0.15) is 5.75 Å². The number of carbonyl (C=O) groups excluding carboxylic acids is 1. The zero-order valence-corrected chi connectivity index (χ0v) is 17.0. The van der Waals surface area contributed by atoms with Crippen molar-refractivity contribution in [2.75, 3.05) is 13.7 Å². The van der Waals surface area contributed by atoms with Gasteiger partial charge >= 0.3 is 0 Å². The van der Waals surface area contributed by atoms with Crippen LogP contribution in [0.3, 0.4) is 0 Å². The van der Waals surface area contributed by atoms with Gasteiger partial charge in [-0.1, -0.05) is 24.3 Å². The zero-order valence-electron chi connectivity index (χ0n) is 17.0. The van der Waals surface area contributed by atoms with Crippen molar-refractivity contribution in [2.45, 2.75) is 32.2 Å². The number of nitrogens with zero attached hydrogens (tertiary/aromatic N) is 1. The molecule has 3 aromatic carbocycles. The van der Waals surface area contributed by atoms with Gasteiger partial charge in [0.15, 0.2) is 5.78 Å². The maximum Gasteiger partial charge on any atom is 0.164 e. The third-order valence-electron chi connectivity index (χ3n) is 6.84. The number of methoxy groups -OCH3 is 1. The lowest BCUT2D eigenvalue weighted by atomic mass is 9.80. The first-order valence-electron chi connectivity index (χ1n) is 10.6. The molecule has 0 atom stereocenters. The number of benzene rings is 3. The van der Waals surface area contributed by atoms with E-state index in [2.05, 4.69) is 41.0 Å². The smallest absolute Gasteiger partial charge is 0.164 e. The number of fused-ring (bicyclic) bond motifs is 10. The number of Topliss-reactive ketones (excluding diaryl/α,β-unsaturated/α-hetero) is 1. The van der Waals surface area contributed by atoms with E-state index in [1.54, 1.807) is 7.11 Å². The number of para-hydroxylation sites is 1. The second-order valence-electron chi connectivity index (χ2n) is 8.27. The number of rotatable bonds is 3. The monoisotopic (exact) mass is 397 g/mol. The van der Waals surface area contributed by atoms with Crippen LogP contribution in [0.1, 0.15) is 33.5 Å². The minimum Gasteiger partial charge on any atom is -0.497 e. The van der Waals surface area contributed by atoms with Crippen LogP contribution in [0.15, 0.2) is 42.5 Å². The Bertz CT molecular complexity index is 1360. The van der Waals surface area contributed by atoms with Gasteiger partial charge in [-0.15, -0.1) is 0 Å². The maximum atomic E-state index is 13.1. The summed E-state index contributed by atoms with van der Waals surface area (Å²) in [4.78, 5) is 13.1. The molecule has 0 unspecified atom stereocenters. The molecule has 0 fully saturated rings. The standard InChI is InChI=1S/C26H23NO3/c1-30-16-7-9-17-15(14-16)6-8-20-23(17)25-19(10-11-22(25)29)24-18-4-2-3-5-21(18)27(12-13-28)26(20)24/h2-5,7,9,14,28H,6,8,10-13H2,1H3. The predicted octanol–water partition coefficient (Wildman–Crippen LogP) is 4.69. The molecular formula is C26H23NO3. The van der Waals surface area contributed by atoms with E-state index in [1.165, 1.54) is 33.0 Å². The molecule has 0 saturated carbocycles. The highest BCUT2D eigenvalue weighted by Crippen LogP contribution is 2.48. The van der Waals surface area contributed by atoms with Crippen LogP contribution in [-0.2, 0) is 25.8 Å². The van der Waals surface area contributed by atoms with E-state index >= 15 is 0 Å². The van der Waals surface area contributed by atoms with Gasteiger partial charge in [0, 0.05) is 34.8 Å². The number of carbonyl (C=O) groups is 1. The Labute approximate surface area is 174 Å². The van der Waals surface area contributed by atoms with Crippen molar-refractivity contribution in [2.24, 2.45) is 0 Å². The number of aliphatic hydroxyl groups excluding tert-OH is 1. The van der Waals surface area contributed by atoms with Crippen molar-refractivity contribution in [3.63, 3.8) is 0 Å². The topological polar surface area (TPSA) is 51.5 Å². The lowest BCUT2D eigenvalue weighted by molar-refractivity contribution is 0.0995. The van der Waals surface area contributed by atoms with E-state index in [1.807, 2.05) is 6.07 Å². The Hall–Kier alpha value is -3.11. The molecule has 150 valence electrons. The molecule has 2 aliphatic rings. The summed E-state index contributed by atoms with van der Waals surface area (Å²) in [5, 5.41) is 12.2. The maximum absolute atomic E-state index is 13.1. The van der Waals surface area contributed by atoms with Crippen LogP contribution < -0.4 is 4.74 Å². The SMILES string of the molecule is COc1ccc2c(c1)CCc1c-2c2c(c3c4ccccc4n(CCO)c13)CCC2=O. The molecule has 2 aliphatic carbocycles. The first-order chi connectivity index (χ1) is 14.7. The van der Waals surface area contributed by atoms with Crippen molar-refractivity contribution >= 4 is 27.6 Å². The second kappa shape index (κ2) is 6.44. The Morgan fingerprint density at radius 1 is 1.00 bits per heavy atom. The second-order valence-corrected chi connectivity index (χ2v) is 8.27. The van der Waals surface area contributed by atoms with Crippen LogP contribution in [0.25, 0.3) is 32.9 Å². The minimum absolute atomic E-state index is 0.0896. The molecule has 4 aromatic rings. The van der Waals surface area contributed by atoms with Crippen LogP contribution in [0.5, 0.6) is 5.75 Å².